The minimum Gasteiger partial charge on any atom is -0.409 e. The lowest BCUT2D eigenvalue weighted by molar-refractivity contribution is 0.318. The van der Waals surface area contributed by atoms with Crippen LogP contribution in [0.4, 0.5) is 0 Å². The Kier molecular flexibility index (Phi) is 3.78. The molecule has 0 unspecified atom stereocenters. The lowest BCUT2D eigenvalue weighted by atomic mass is 10.1. The van der Waals surface area contributed by atoms with Crippen LogP contribution < -0.4 is 5.73 Å². The van der Waals surface area contributed by atoms with E-state index in [0.717, 1.165) is 10.5 Å². The number of oxime groups is 1. The number of amidine groups is 1. The Morgan fingerprint density at radius 3 is 2.67 bits per heavy atom. The van der Waals surface area contributed by atoms with Crippen LogP contribution in [0.2, 0.25) is 0 Å². The number of rotatable bonds is 3. The fraction of sp³-hybridized carbons (Fsp3) is 0.0833. The summed E-state index contributed by atoms with van der Waals surface area (Å²) in [5.41, 5.74) is 7.25. The molecule has 0 aromatic carbocycles. The standard InChI is InChI=1S/C12H12N4OS/c1-8-2-7-15-12(10(8)11(13)16-17)18-9-3-5-14-6-4-9/h2-7,17H,1H3,(H2,13,16). The monoisotopic (exact) mass is 260 g/mol. The molecule has 2 aromatic rings. The molecule has 2 rings (SSSR count). The second kappa shape index (κ2) is 5.50. The van der Waals surface area contributed by atoms with E-state index in [9.17, 15) is 0 Å². The molecule has 0 spiro atoms. The molecule has 0 aliphatic rings. The molecule has 5 nitrogen and oxygen atoms in total. The van der Waals surface area contributed by atoms with Gasteiger partial charge in [-0.1, -0.05) is 16.9 Å². The molecule has 0 radical (unpaired) electrons. The Labute approximate surface area is 109 Å². The van der Waals surface area contributed by atoms with E-state index in [2.05, 4.69) is 15.1 Å². The summed E-state index contributed by atoms with van der Waals surface area (Å²) in [5.74, 6) is 0.0668. The lowest BCUT2D eigenvalue weighted by Crippen LogP contribution is -2.16. The fourth-order valence-electron chi connectivity index (χ4n) is 1.49. The summed E-state index contributed by atoms with van der Waals surface area (Å²) >= 11 is 1.45. The smallest absolute Gasteiger partial charge is 0.173 e. The predicted molar refractivity (Wildman–Crippen MR) is 69.8 cm³/mol. The van der Waals surface area contributed by atoms with Crippen molar-refractivity contribution in [1.82, 2.24) is 9.97 Å². The average Bonchev–Trinajstić information content (AvgIpc) is 2.39. The normalized spacial score (nSPS) is 11.5. The van der Waals surface area contributed by atoms with E-state index in [1.54, 1.807) is 18.6 Å². The van der Waals surface area contributed by atoms with Crippen LogP contribution in [0, 0.1) is 6.92 Å². The summed E-state index contributed by atoms with van der Waals surface area (Å²) in [7, 11) is 0. The second-order valence-electron chi connectivity index (χ2n) is 3.58. The lowest BCUT2D eigenvalue weighted by Gasteiger charge is -2.09. The van der Waals surface area contributed by atoms with Gasteiger partial charge in [0.25, 0.3) is 0 Å². The number of aryl methyl sites for hydroxylation is 1. The van der Waals surface area contributed by atoms with Crippen molar-refractivity contribution in [3.63, 3.8) is 0 Å². The summed E-state index contributed by atoms with van der Waals surface area (Å²) in [5, 5.41) is 12.6. The zero-order valence-corrected chi connectivity index (χ0v) is 10.6. The minimum absolute atomic E-state index is 0.0668. The zero-order chi connectivity index (χ0) is 13.0. The molecule has 0 fully saturated rings. The zero-order valence-electron chi connectivity index (χ0n) is 9.74. The Morgan fingerprint density at radius 2 is 2.00 bits per heavy atom. The highest BCUT2D eigenvalue weighted by atomic mass is 32.2. The van der Waals surface area contributed by atoms with Crippen LogP contribution in [0.25, 0.3) is 0 Å². The van der Waals surface area contributed by atoms with Crippen LogP contribution in [-0.2, 0) is 0 Å². The number of aromatic nitrogens is 2. The van der Waals surface area contributed by atoms with Crippen molar-refractivity contribution in [3.05, 3.63) is 47.9 Å². The van der Waals surface area contributed by atoms with Gasteiger partial charge < -0.3 is 10.9 Å². The van der Waals surface area contributed by atoms with Crippen molar-refractivity contribution in [2.45, 2.75) is 16.8 Å². The van der Waals surface area contributed by atoms with E-state index in [1.807, 2.05) is 25.1 Å². The van der Waals surface area contributed by atoms with Crippen LogP contribution in [-0.4, -0.2) is 21.0 Å². The summed E-state index contributed by atoms with van der Waals surface area (Å²) in [6.45, 7) is 1.89. The molecule has 0 aliphatic heterocycles. The molecule has 0 bridgehead atoms. The maximum absolute atomic E-state index is 8.82. The predicted octanol–water partition coefficient (Wildman–Crippen LogP) is 2.03. The summed E-state index contributed by atoms with van der Waals surface area (Å²) < 4.78 is 0. The van der Waals surface area contributed by atoms with Gasteiger partial charge in [-0.05, 0) is 30.7 Å². The van der Waals surface area contributed by atoms with Crippen molar-refractivity contribution >= 4 is 17.6 Å². The third-order valence-electron chi connectivity index (χ3n) is 2.35. The molecule has 0 atom stereocenters. The fourth-order valence-corrected chi connectivity index (χ4v) is 2.45. The van der Waals surface area contributed by atoms with Crippen LogP contribution >= 0.6 is 11.8 Å². The molecule has 18 heavy (non-hydrogen) atoms. The maximum Gasteiger partial charge on any atom is 0.173 e. The van der Waals surface area contributed by atoms with E-state index < -0.39 is 0 Å². The minimum atomic E-state index is 0.0668. The van der Waals surface area contributed by atoms with Gasteiger partial charge in [0.1, 0.15) is 5.03 Å². The number of nitrogens with two attached hydrogens (primary N) is 1. The van der Waals surface area contributed by atoms with Gasteiger partial charge in [-0.3, -0.25) is 4.98 Å². The average molecular weight is 260 g/mol. The van der Waals surface area contributed by atoms with E-state index in [4.69, 9.17) is 10.9 Å². The van der Waals surface area contributed by atoms with Gasteiger partial charge in [-0.25, -0.2) is 4.98 Å². The first-order chi connectivity index (χ1) is 8.72. The third-order valence-corrected chi connectivity index (χ3v) is 3.36. The van der Waals surface area contributed by atoms with Crippen LogP contribution in [0.15, 0.2) is 51.9 Å². The molecule has 92 valence electrons. The van der Waals surface area contributed by atoms with Crippen molar-refractivity contribution < 1.29 is 5.21 Å². The Bertz CT molecular complexity index is 572. The molecule has 0 amide bonds. The first kappa shape index (κ1) is 12.4. The molecule has 2 heterocycles. The summed E-state index contributed by atoms with van der Waals surface area (Å²) in [6, 6.07) is 5.58. The molecular formula is C12H12N4OS. The molecule has 6 heteroatoms. The van der Waals surface area contributed by atoms with Crippen molar-refractivity contribution in [2.75, 3.05) is 0 Å². The van der Waals surface area contributed by atoms with Gasteiger partial charge in [0.15, 0.2) is 5.84 Å². The van der Waals surface area contributed by atoms with Crippen molar-refractivity contribution in [2.24, 2.45) is 10.9 Å². The van der Waals surface area contributed by atoms with Crippen LogP contribution in [0.3, 0.4) is 0 Å². The van der Waals surface area contributed by atoms with Gasteiger partial charge in [0.2, 0.25) is 0 Å². The first-order valence-corrected chi connectivity index (χ1v) is 6.05. The quantitative estimate of drug-likeness (QED) is 0.382. The molecule has 0 saturated carbocycles. The van der Waals surface area contributed by atoms with Crippen LogP contribution in [0.5, 0.6) is 0 Å². The number of hydrogen-bond donors (Lipinski definition) is 2. The van der Waals surface area contributed by atoms with Gasteiger partial charge in [0, 0.05) is 23.5 Å². The number of nitrogens with zero attached hydrogens (tertiary/aromatic N) is 3. The Morgan fingerprint density at radius 1 is 1.28 bits per heavy atom. The highest BCUT2D eigenvalue weighted by Gasteiger charge is 2.12. The van der Waals surface area contributed by atoms with Gasteiger partial charge in [-0.2, -0.15) is 0 Å². The van der Waals surface area contributed by atoms with E-state index in [0.29, 0.717) is 10.6 Å². The van der Waals surface area contributed by atoms with Crippen molar-refractivity contribution in [3.8, 4) is 0 Å². The number of hydrogen-bond acceptors (Lipinski definition) is 5. The SMILES string of the molecule is Cc1ccnc(Sc2ccncc2)c1/C(N)=N/O. The Balaban J connectivity index is 2.42. The topological polar surface area (TPSA) is 84.4 Å². The summed E-state index contributed by atoms with van der Waals surface area (Å²) in [6.07, 6.45) is 5.12. The number of pyridine rings is 2. The highest BCUT2D eigenvalue weighted by Crippen LogP contribution is 2.29. The largest absolute Gasteiger partial charge is 0.409 e. The summed E-state index contributed by atoms with van der Waals surface area (Å²) in [4.78, 5) is 9.23. The van der Waals surface area contributed by atoms with Gasteiger partial charge in [0.05, 0.1) is 5.56 Å². The van der Waals surface area contributed by atoms with E-state index >= 15 is 0 Å². The molecular weight excluding hydrogens is 248 g/mol. The molecule has 0 saturated heterocycles. The molecule has 3 N–H and O–H groups in total. The van der Waals surface area contributed by atoms with Gasteiger partial charge in [-0.15, -0.1) is 0 Å². The molecule has 2 aromatic heterocycles. The third kappa shape index (κ3) is 2.60. The molecule has 0 aliphatic carbocycles. The highest BCUT2D eigenvalue weighted by molar-refractivity contribution is 7.99. The first-order valence-electron chi connectivity index (χ1n) is 5.23. The van der Waals surface area contributed by atoms with E-state index in [1.165, 1.54) is 11.8 Å². The maximum atomic E-state index is 8.82. The second-order valence-corrected chi connectivity index (χ2v) is 4.64. The van der Waals surface area contributed by atoms with Crippen LogP contribution in [0.1, 0.15) is 11.1 Å². The van der Waals surface area contributed by atoms with E-state index in [-0.39, 0.29) is 5.84 Å². The Hall–Kier alpha value is -2.08. The van der Waals surface area contributed by atoms with Crippen molar-refractivity contribution in [1.29, 1.82) is 0 Å². The van der Waals surface area contributed by atoms with Gasteiger partial charge >= 0.3 is 0 Å².